The van der Waals surface area contributed by atoms with Gasteiger partial charge in [-0.25, -0.2) is 0 Å². The maximum absolute atomic E-state index is 11.0. The highest BCUT2D eigenvalue weighted by Gasteiger charge is 2.17. The first-order valence-electron chi connectivity index (χ1n) is 4.70. The average molecular weight is 227 g/mol. The highest BCUT2D eigenvalue weighted by atomic mass is 32.1. The minimum Gasteiger partial charge on any atom is -0.397 e. The molecular weight excluding hydrogens is 214 g/mol. The summed E-state index contributed by atoms with van der Waals surface area (Å²) in [5.74, 6) is -0.461. The van der Waals surface area contributed by atoms with Crippen LogP contribution >= 0.6 is 11.3 Å². The van der Waals surface area contributed by atoms with Gasteiger partial charge in [0.25, 0.3) is 5.91 Å². The Bertz CT molecular complexity index is 371. The van der Waals surface area contributed by atoms with Crippen LogP contribution in [0.5, 0.6) is 0 Å². The second-order valence-electron chi connectivity index (χ2n) is 3.33. The summed E-state index contributed by atoms with van der Waals surface area (Å²) in [6.45, 7) is 3.09. The number of carbonyl (C=O) groups excluding carboxylic acids is 1. The molecule has 1 amide bonds. The van der Waals surface area contributed by atoms with Crippen molar-refractivity contribution in [1.29, 1.82) is 0 Å². The van der Waals surface area contributed by atoms with Crippen molar-refractivity contribution in [2.75, 3.05) is 36.9 Å². The zero-order chi connectivity index (χ0) is 10.8. The summed E-state index contributed by atoms with van der Waals surface area (Å²) >= 11 is 1.34. The molecule has 0 spiro atoms. The van der Waals surface area contributed by atoms with E-state index in [0.29, 0.717) is 23.8 Å². The Morgan fingerprint density at radius 2 is 2.13 bits per heavy atom. The molecule has 1 aliphatic heterocycles. The summed E-state index contributed by atoms with van der Waals surface area (Å²) in [6.07, 6.45) is 0. The van der Waals surface area contributed by atoms with Gasteiger partial charge in [0.15, 0.2) is 0 Å². The van der Waals surface area contributed by atoms with E-state index in [4.69, 9.17) is 16.2 Å². The molecule has 15 heavy (non-hydrogen) atoms. The summed E-state index contributed by atoms with van der Waals surface area (Å²) in [5.41, 5.74) is 11.4. The van der Waals surface area contributed by atoms with E-state index < -0.39 is 5.91 Å². The summed E-state index contributed by atoms with van der Waals surface area (Å²) in [5, 5.41) is 0.990. The van der Waals surface area contributed by atoms with Crippen LogP contribution in [0.25, 0.3) is 0 Å². The molecule has 1 saturated heterocycles. The molecule has 5 nitrogen and oxygen atoms in total. The van der Waals surface area contributed by atoms with E-state index in [-0.39, 0.29) is 0 Å². The van der Waals surface area contributed by atoms with E-state index in [1.165, 1.54) is 11.3 Å². The Kier molecular flexibility index (Phi) is 2.79. The molecule has 1 aromatic heterocycles. The third kappa shape index (κ3) is 2.05. The van der Waals surface area contributed by atoms with Crippen molar-refractivity contribution in [3.8, 4) is 0 Å². The van der Waals surface area contributed by atoms with Crippen LogP contribution in [-0.2, 0) is 4.74 Å². The average Bonchev–Trinajstić information content (AvgIpc) is 2.62. The molecule has 0 unspecified atom stereocenters. The molecule has 1 aromatic rings. The van der Waals surface area contributed by atoms with Gasteiger partial charge in [-0.05, 0) is 6.07 Å². The summed E-state index contributed by atoms with van der Waals surface area (Å²) in [6, 6.07) is 1.80. The zero-order valence-electron chi connectivity index (χ0n) is 8.23. The lowest BCUT2D eigenvalue weighted by Crippen LogP contribution is -2.35. The Hall–Kier alpha value is -1.27. The molecule has 0 aliphatic carbocycles. The number of hydrogen-bond acceptors (Lipinski definition) is 5. The van der Waals surface area contributed by atoms with Crippen LogP contribution in [0.4, 0.5) is 10.7 Å². The van der Waals surface area contributed by atoms with Gasteiger partial charge in [-0.15, -0.1) is 11.3 Å². The zero-order valence-corrected chi connectivity index (χ0v) is 9.05. The topological polar surface area (TPSA) is 81.6 Å². The molecule has 1 aliphatic rings. The number of carbonyl (C=O) groups is 1. The second kappa shape index (κ2) is 4.08. The Labute approximate surface area is 91.6 Å². The van der Waals surface area contributed by atoms with Crippen molar-refractivity contribution in [1.82, 2.24) is 0 Å². The molecule has 1 fully saturated rings. The lowest BCUT2D eigenvalue weighted by Gasteiger charge is -2.27. The molecule has 4 N–H and O–H groups in total. The molecule has 0 aromatic carbocycles. The molecule has 0 saturated carbocycles. The number of rotatable bonds is 2. The van der Waals surface area contributed by atoms with E-state index in [2.05, 4.69) is 4.90 Å². The van der Waals surface area contributed by atoms with Crippen LogP contribution < -0.4 is 16.4 Å². The predicted octanol–water partition coefficient (Wildman–Crippen LogP) is 0.266. The summed E-state index contributed by atoms with van der Waals surface area (Å²) in [4.78, 5) is 13.6. The number of nitrogens with zero attached hydrogens (tertiary/aromatic N) is 1. The van der Waals surface area contributed by atoms with Gasteiger partial charge in [0.1, 0.15) is 4.88 Å². The van der Waals surface area contributed by atoms with E-state index in [9.17, 15) is 4.79 Å². The second-order valence-corrected chi connectivity index (χ2v) is 4.36. The minimum absolute atomic E-state index is 0.441. The monoisotopic (exact) mass is 227 g/mol. The van der Waals surface area contributed by atoms with Crippen LogP contribution in [0.1, 0.15) is 9.67 Å². The normalized spacial score (nSPS) is 16.7. The van der Waals surface area contributed by atoms with Gasteiger partial charge >= 0.3 is 0 Å². The molecule has 0 bridgehead atoms. The highest BCUT2D eigenvalue weighted by Crippen LogP contribution is 2.32. The van der Waals surface area contributed by atoms with Gasteiger partial charge in [-0.1, -0.05) is 0 Å². The fraction of sp³-hybridized carbons (Fsp3) is 0.444. The van der Waals surface area contributed by atoms with Crippen molar-refractivity contribution in [3.05, 3.63) is 10.9 Å². The summed E-state index contributed by atoms with van der Waals surface area (Å²) < 4.78 is 5.25. The Balaban J connectivity index is 2.21. The highest BCUT2D eigenvalue weighted by molar-refractivity contribution is 7.18. The molecule has 0 radical (unpaired) electrons. The van der Waals surface area contributed by atoms with Crippen LogP contribution in [0.3, 0.4) is 0 Å². The van der Waals surface area contributed by atoms with Gasteiger partial charge in [-0.2, -0.15) is 0 Å². The number of morpholine rings is 1. The quantitative estimate of drug-likeness (QED) is 0.759. The largest absolute Gasteiger partial charge is 0.397 e. The third-order valence-electron chi connectivity index (χ3n) is 2.29. The molecular formula is C9H13N3O2S. The van der Waals surface area contributed by atoms with Crippen LogP contribution in [0, 0.1) is 0 Å². The lowest BCUT2D eigenvalue weighted by atomic mass is 10.3. The molecule has 82 valence electrons. The number of thiophene rings is 1. The molecule has 2 heterocycles. The van der Waals surface area contributed by atoms with Gasteiger partial charge in [0.05, 0.1) is 23.9 Å². The number of primary amides is 1. The van der Waals surface area contributed by atoms with Crippen LogP contribution in [0.15, 0.2) is 6.07 Å². The van der Waals surface area contributed by atoms with Gasteiger partial charge in [0.2, 0.25) is 0 Å². The van der Waals surface area contributed by atoms with E-state index >= 15 is 0 Å². The first kappa shape index (κ1) is 10.3. The maximum atomic E-state index is 11.0. The Morgan fingerprint density at radius 3 is 2.67 bits per heavy atom. The van der Waals surface area contributed by atoms with E-state index in [0.717, 1.165) is 18.1 Å². The molecule has 2 rings (SSSR count). The van der Waals surface area contributed by atoms with Crippen molar-refractivity contribution in [2.24, 2.45) is 5.73 Å². The van der Waals surface area contributed by atoms with Crippen LogP contribution in [-0.4, -0.2) is 32.2 Å². The first-order valence-corrected chi connectivity index (χ1v) is 5.52. The van der Waals surface area contributed by atoms with Crippen molar-refractivity contribution < 1.29 is 9.53 Å². The van der Waals surface area contributed by atoms with Gasteiger partial charge in [0, 0.05) is 13.1 Å². The standard InChI is InChI=1S/C9H13N3O2S/c10-6-5-7(15-8(6)9(11)13)12-1-3-14-4-2-12/h5H,1-4,10H2,(H2,11,13). The number of amides is 1. The van der Waals surface area contributed by atoms with Crippen molar-refractivity contribution in [2.45, 2.75) is 0 Å². The minimum atomic E-state index is -0.461. The summed E-state index contributed by atoms with van der Waals surface area (Å²) in [7, 11) is 0. The third-order valence-corrected chi connectivity index (χ3v) is 3.52. The number of hydrogen-bond donors (Lipinski definition) is 2. The number of ether oxygens (including phenoxy) is 1. The first-order chi connectivity index (χ1) is 7.18. The molecule has 6 heteroatoms. The molecule has 0 atom stereocenters. The number of nitrogens with two attached hydrogens (primary N) is 2. The van der Waals surface area contributed by atoms with E-state index in [1.807, 2.05) is 0 Å². The lowest BCUT2D eigenvalue weighted by molar-refractivity contribution is 0.100. The Morgan fingerprint density at radius 1 is 1.47 bits per heavy atom. The number of nitrogen functional groups attached to an aromatic ring is 1. The predicted molar refractivity (Wildman–Crippen MR) is 60.3 cm³/mol. The fourth-order valence-corrected chi connectivity index (χ4v) is 2.51. The van der Waals surface area contributed by atoms with Gasteiger partial charge < -0.3 is 21.1 Å². The smallest absolute Gasteiger partial charge is 0.260 e. The van der Waals surface area contributed by atoms with Gasteiger partial charge in [-0.3, -0.25) is 4.79 Å². The fourth-order valence-electron chi connectivity index (χ4n) is 1.52. The number of anilines is 2. The SMILES string of the molecule is NC(=O)c1sc(N2CCOCC2)cc1N. The van der Waals surface area contributed by atoms with E-state index in [1.54, 1.807) is 6.07 Å². The van der Waals surface area contributed by atoms with Crippen LogP contribution in [0.2, 0.25) is 0 Å². The van der Waals surface area contributed by atoms with Crippen molar-refractivity contribution in [3.63, 3.8) is 0 Å². The maximum Gasteiger partial charge on any atom is 0.260 e. The van der Waals surface area contributed by atoms with Crippen molar-refractivity contribution >= 4 is 27.9 Å².